The van der Waals surface area contributed by atoms with Gasteiger partial charge in [0.25, 0.3) is 5.56 Å². The first kappa shape index (κ1) is 21.6. The van der Waals surface area contributed by atoms with Gasteiger partial charge in [0.15, 0.2) is 11.5 Å². The number of fused-ring (bicyclic) bond motifs is 1. The van der Waals surface area contributed by atoms with E-state index in [1.165, 1.54) is 19.2 Å². The van der Waals surface area contributed by atoms with Gasteiger partial charge in [0.2, 0.25) is 0 Å². The minimum Gasteiger partial charge on any atom is -0.476 e. The molecule has 158 valence electrons. The van der Waals surface area contributed by atoms with E-state index in [9.17, 15) is 23.5 Å². The van der Waals surface area contributed by atoms with Crippen molar-refractivity contribution in [2.75, 3.05) is 5.32 Å². The van der Waals surface area contributed by atoms with E-state index in [0.29, 0.717) is 12.5 Å². The predicted molar refractivity (Wildman–Crippen MR) is 110 cm³/mol. The van der Waals surface area contributed by atoms with E-state index in [2.05, 4.69) is 15.3 Å². The Kier molecular flexibility index (Phi) is 5.51. The highest BCUT2D eigenvalue weighted by Gasteiger charge is 2.31. The molecule has 0 radical (unpaired) electrons. The minimum atomic E-state index is -3.32. The number of aromatic carboxylic acids is 1. The SMILES string of the molecule is Cc1cc([C@@H](C)Nc2ccc(Cl)nc2C(=O)O)c2nc(C(C)(F)F)n(C)c(=O)c2c1. The van der Waals surface area contributed by atoms with Crippen LogP contribution in [-0.4, -0.2) is 25.6 Å². The monoisotopic (exact) mass is 436 g/mol. The minimum absolute atomic E-state index is 0.0200. The average Bonchev–Trinajstić information content (AvgIpc) is 2.64. The van der Waals surface area contributed by atoms with Crippen LogP contribution < -0.4 is 10.9 Å². The third kappa shape index (κ3) is 3.97. The molecule has 0 aliphatic heterocycles. The van der Waals surface area contributed by atoms with Crippen molar-refractivity contribution >= 4 is 34.2 Å². The molecule has 0 spiro atoms. The molecule has 30 heavy (non-hydrogen) atoms. The van der Waals surface area contributed by atoms with Gasteiger partial charge in [-0.1, -0.05) is 17.7 Å². The summed E-state index contributed by atoms with van der Waals surface area (Å²) in [5.74, 6) is -5.25. The van der Waals surface area contributed by atoms with Gasteiger partial charge in [-0.15, -0.1) is 0 Å². The summed E-state index contributed by atoms with van der Waals surface area (Å²) in [5, 5.41) is 12.6. The summed E-state index contributed by atoms with van der Waals surface area (Å²) in [6, 6.07) is 5.62. The van der Waals surface area contributed by atoms with Crippen LogP contribution in [0.4, 0.5) is 14.5 Å². The molecule has 3 rings (SSSR count). The Morgan fingerprint density at radius 3 is 2.57 bits per heavy atom. The summed E-state index contributed by atoms with van der Waals surface area (Å²) in [7, 11) is 1.25. The highest BCUT2D eigenvalue weighted by atomic mass is 35.5. The second kappa shape index (κ2) is 7.64. The molecule has 2 heterocycles. The first-order valence-corrected chi connectivity index (χ1v) is 9.34. The fraction of sp³-hybridized carbons (Fsp3) is 0.300. The Bertz CT molecular complexity index is 1220. The summed E-state index contributed by atoms with van der Waals surface area (Å²) < 4.78 is 28.9. The zero-order valence-electron chi connectivity index (χ0n) is 16.6. The van der Waals surface area contributed by atoms with Crippen molar-refractivity contribution in [3.05, 3.63) is 62.4 Å². The molecule has 0 fully saturated rings. The van der Waals surface area contributed by atoms with Crippen LogP contribution in [0.25, 0.3) is 10.9 Å². The van der Waals surface area contributed by atoms with Crippen molar-refractivity contribution in [3.8, 4) is 0 Å². The lowest BCUT2D eigenvalue weighted by Crippen LogP contribution is -2.29. The van der Waals surface area contributed by atoms with E-state index in [1.807, 2.05) is 0 Å². The van der Waals surface area contributed by atoms with Gasteiger partial charge < -0.3 is 10.4 Å². The number of carboxylic acids is 1. The quantitative estimate of drug-likeness (QED) is 0.579. The number of pyridine rings is 1. The molecule has 0 bridgehead atoms. The Morgan fingerprint density at radius 2 is 1.97 bits per heavy atom. The number of carboxylic acid groups (broad SMARTS) is 1. The van der Waals surface area contributed by atoms with Crippen LogP contribution in [0.2, 0.25) is 5.15 Å². The van der Waals surface area contributed by atoms with Crippen molar-refractivity contribution in [2.45, 2.75) is 32.7 Å². The fourth-order valence-electron chi connectivity index (χ4n) is 3.30. The number of aromatic nitrogens is 3. The van der Waals surface area contributed by atoms with Crippen LogP contribution in [0.3, 0.4) is 0 Å². The maximum absolute atomic E-state index is 14.0. The van der Waals surface area contributed by atoms with E-state index in [-0.39, 0.29) is 27.4 Å². The molecule has 2 N–H and O–H groups in total. The topological polar surface area (TPSA) is 97.1 Å². The van der Waals surface area contributed by atoms with Crippen molar-refractivity contribution in [1.29, 1.82) is 0 Å². The first-order chi connectivity index (χ1) is 13.9. The largest absolute Gasteiger partial charge is 0.476 e. The molecule has 3 aromatic rings. The number of nitrogens with one attached hydrogen (secondary N) is 1. The van der Waals surface area contributed by atoms with Crippen LogP contribution in [0, 0.1) is 6.92 Å². The number of alkyl halides is 2. The zero-order chi connectivity index (χ0) is 22.4. The molecule has 2 aromatic heterocycles. The van der Waals surface area contributed by atoms with E-state index >= 15 is 0 Å². The smallest absolute Gasteiger partial charge is 0.356 e. The van der Waals surface area contributed by atoms with Gasteiger partial charge in [-0.05, 0) is 37.6 Å². The number of hydrogen-bond donors (Lipinski definition) is 2. The van der Waals surface area contributed by atoms with Gasteiger partial charge in [-0.25, -0.2) is 14.8 Å². The zero-order valence-corrected chi connectivity index (χ0v) is 17.4. The van der Waals surface area contributed by atoms with Crippen LogP contribution >= 0.6 is 11.6 Å². The number of hydrogen-bond acceptors (Lipinski definition) is 5. The van der Waals surface area contributed by atoms with E-state index < -0.39 is 29.3 Å². The predicted octanol–water partition coefficient (Wildman–Crippen LogP) is 4.27. The molecule has 1 aromatic carbocycles. The molecule has 7 nitrogen and oxygen atoms in total. The average molecular weight is 437 g/mol. The number of anilines is 1. The standard InChI is InChI=1S/C20H19ClF2N4O3/c1-9-7-11(10(2)24-13-5-6-14(21)25-16(13)18(29)30)15-12(8-9)17(28)27(4)19(26-15)20(3,22)23/h5-8,10,24H,1-4H3,(H,29,30)/t10-/m1/s1. The second-order valence-electron chi connectivity index (χ2n) is 7.14. The van der Waals surface area contributed by atoms with Gasteiger partial charge in [0, 0.05) is 19.5 Å². The van der Waals surface area contributed by atoms with Crippen molar-refractivity contribution in [2.24, 2.45) is 7.05 Å². The number of benzene rings is 1. The van der Waals surface area contributed by atoms with E-state index in [4.69, 9.17) is 11.6 Å². The molecular formula is C20H19ClF2N4O3. The molecular weight excluding hydrogens is 418 g/mol. The van der Waals surface area contributed by atoms with Crippen molar-refractivity contribution in [1.82, 2.24) is 14.5 Å². The number of carbonyl (C=O) groups is 1. The second-order valence-corrected chi connectivity index (χ2v) is 7.53. The van der Waals surface area contributed by atoms with Gasteiger partial charge in [0.05, 0.1) is 22.6 Å². The number of halogens is 3. The van der Waals surface area contributed by atoms with Gasteiger partial charge >= 0.3 is 11.9 Å². The molecule has 10 heteroatoms. The number of rotatable bonds is 5. The molecule has 0 saturated carbocycles. The fourth-order valence-corrected chi connectivity index (χ4v) is 3.45. The lowest BCUT2D eigenvalue weighted by Gasteiger charge is -2.21. The maximum atomic E-state index is 14.0. The molecule has 0 aliphatic rings. The molecule has 1 atom stereocenters. The molecule has 0 unspecified atom stereocenters. The third-order valence-electron chi connectivity index (χ3n) is 4.65. The number of aryl methyl sites for hydroxylation is 1. The van der Waals surface area contributed by atoms with Gasteiger partial charge in [0.1, 0.15) is 5.15 Å². The lowest BCUT2D eigenvalue weighted by atomic mass is 10.0. The van der Waals surface area contributed by atoms with Gasteiger partial charge in [-0.3, -0.25) is 9.36 Å². The molecule has 0 saturated heterocycles. The van der Waals surface area contributed by atoms with Crippen LogP contribution in [-0.2, 0) is 13.0 Å². The van der Waals surface area contributed by atoms with Crippen LogP contribution in [0.1, 0.15) is 47.3 Å². The Labute approximate surface area is 175 Å². The number of nitrogens with zero attached hydrogens (tertiary/aromatic N) is 3. The Hall–Kier alpha value is -3.07. The van der Waals surface area contributed by atoms with Crippen molar-refractivity contribution < 1.29 is 18.7 Å². The van der Waals surface area contributed by atoms with E-state index in [0.717, 1.165) is 10.1 Å². The third-order valence-corrected chi connectivity index (χ3v) is 4.86. The first-order valence-electron chi connectivity index (χ1n) is 8.96. The summed E-state index contributed by atoms with van der Waals surface area (Å²) in [6.07, 6.45) is 0. The molecule has 0 aliphatic carbocycles. The lowest BCUT2D eigenvalue weighted by molar-refractivity contribution is 0.00389. The Morgan fingerprint density at radius 1 is 1.30 bits per heavy atom. The van der Waals surface area contributed by atoms with Gasteiger partial charge in [-0.2, -0.15) is 8.78 Å². The summed E-state index contributed by atoms with van der Waals surface area (Å²) in [5.41, 5.74) is 0.648. The van der Waals surface area contributed by atoms with E-state index in [1.54, 1.807) is 26.0 Å². The Balaban J connectivity index is 2.20. The normalized spacial score (nSPS) is 12.8. The van der Waals surface area contributed by atoms with Crippen LogP contribution in [0.15, 0.2) is 29.1 Å². The highest BCUT2D eigenvalue weighted by molar-refractivity contribution is 6.29. The summed E-state index contributed by atoms with van der Waals surface area (Å²) >= 11 is 5.79. The van der Waals surface area contributed by atoms with Crippen LogP contribution in [0.5, 0.6) is 0 Å². The maximum Gasteiger partial charge on any atom is 0.356 e. The highest BCUT2D eigenvalue weighted by Crippen LogP contribution is 2.30. The van der Waals surface area contributed by atoms with Crippen molar-refractivity contribution in [3.63, 3.8) is 0 Å². The summed E-state index contributed by atoms with van der Waals surface area (Å²) in [4.78, 5) is 32.1. The summed E-state index contributed by atoms with van der Waals surface area (Å²) in [6.45, 7) is 4.15. The molecule has 0 amide bonds.